The highest BCUT2D eigenvalue weighted by atomic mass is 79.9. The third-order valence-electron chi connectivity index (χ3n) is 3.18. The Kier molecular flexibility index (Phi) is 5.01. The van der Waals surface area contributed by atoms with Crippen LogP contribution in [0.3, 0.4) is 0 Å². The lowest BCUT2D eigenvalue weighted by Crippen LogP contribution is -2.19. The summed E-state index contributed by atoms with van der Waals surface area (Å²) in [5, 5.41) is 3.16. The summed E-state index contributed by atoms with van der Waals surface area (Å²) in [6.45, 7) is 0. The van der Waals surface area contributed by atoms with Gasteiger partial charge in [-0.05, 0) is 75.7 Å². The number of carbonyl (C=O) groups is 1. The fourth-order valence-electron chi connectivity index (χ4n) is 2.04. The number of hydrogen-bond donors (Lipinski definition) is 1. The minimum Gasteiger partial charge on any atom is -0.496 e. The predicted molar refractivity (Wildman–Crippen MR) is 97.9 cm³/mol. The van der Waals surface area contributed by atoms with Gasteiger partial charge in [0.15, 0.2) is 5.17 Å². The average Bonchev–Trinajstić information content (AvgIpc) is 2.89. The van der Waals surface area contributed by atoms with E-state index < -0.39 is 0 Å². The normalized spacial score (nSPS) is 17.4. The zero-order valence-electron chi connectivity index (χ0n) is 12.5. The summed E-state index contributed by atoms with van der Waals surface area (Å²) < 4.78 is 18.9. The summed E-state index contributed by atoms with van der Waals surface area (Å²) in [6, 6.07) is 11.3. The van der Waals surface area contributed by atoms with Gasteiger partial charge in [0.25, 0.3) is 5.91 Å². The molecule has 0 spiro atoms. The Bertz CT molecular complexity index is 850. The Labute approximate surface area is 150 Å². The second-order valence-electron chi connectivity index (χ2n) is 4.85. The molecule has 1 aliphatic heterocycles. The molecule has 0 aromatic heterocycles. The molecule has 0 unspecified atom stereocenters. The summed E-state index contributed by atoms with van der Waals surface area (Å²) >= 11 is 4.66. The highest BCUT2D eigenvalue weighted by molar-refractivity contribution is 9.10. The van der Waals surface area contributed by atoms with Gasteiger partial charge in [0.1, 0.15) is 11.6 Å². The van der Waals surface area contributed by atoms with Crippen molar-refractivity contribution in [2.45, 2.75) is 0 Å². The maximum Gasteiger partial charge on any atom is 0.264 e. The van der Waals surface area contributed by atoms with Crippen LogP contribution in [-0.2, 0) is 4.79 Å². The number of nitrogens with one attached hydrogen (secondary N) is 1. The molecule has 0 bridgehead atoms. The van der Waals surface area contributed by atoms with E-state index in [2.05, 4.69) is 26.2 Å². The first kappa shape index (κ1) is 16.7. The number of amides is 1. The van der Waals surface area contributed by atoms with E-state index in [9.17, 15) is 9.18 Å². The Balaban J connectivity index is 1.81. The van der Waals surface area contributed by atoms with Gasteiger partial charge in [-0.15, -0.1) is 0 Å². The largest absolute Gasteiger partial charge is 0.496 e. The lowest BCUT2D eigenvalue weighted by atomic mass is 10.2. The number of nitrogens with zero attached hydrogens (tertiary/aromatic N) is 1. The molecule has 1 heterocycles. The molecular formula is C17H12BrFN2O2S. The minimum atomic E-state index is -0.326. The Morgan fingerprint density at radius 2 is 2.00 bits per heavy atom. The molecule has 1 aliphatic rings. The highest BCUT2D eigenvalue weighted by Crippen LogP contribution is 2.31. The van der Waals surface area contributed by atoms with E-state index in [1.165, 1.54) is 23.9 Å². The molecule has 0 aliphatic carbocycles. The van der Waals surface area contributed by atoms with Crippen LogP contribution >= 0.6 is 27.7 Å². The van der Waals surface area contributed by atoms with E-state index in [-0.39, 0.29) is 11.7 Å². The number of ether oxygens (including phenoxy) is 1. The predicted octanol–water partition coefficient (Wildman–Crippen LogP) is 4.49. The van der Waals surface area contributed by atoms with E-state index in [1.807, 2.05) is 18.2 Å². The molecule has 2 aromatic carbocycles. The maximum atomic E-state index is 12.9. The van der Waals surface area contributed by atoms with Crippen molar-refractivity contribution in [1.29, 1.82) is 0 Å². The molecule has 1 fully saturated rings. The molecule has 0 saturated carbocycles. The van der Waals surface area contributed by atoms with Crippen molar-refractivity contribution < 1.29 is 13.9 Å². The number of halogens is 2. The van der Waals surface area contributed by atoms with Gasteiger partial charge >= 0.3 is 0 Å². The summed E-state index contributed by atoms with van der Waals surface area (Å²) in [6.07, 6.45) is 1.78. The number of amidine groups is 1. The summed E-state index contributed by atoms with van der Waals surface area (Å²) in [5.74, 6) is 0.180. The van der Waals surface area contributed by atoms with Crippen molar-refractivity contribution in [2.75, 3.05) is 7.11 Å². The minimum absolute atomic E-state index is 0.215. The first-order valence-electron chi connectivity index (χ1n) is 6.94. The van der Waals surface area contributed by atoms with Crippen LogP contribution in [0.2, 0.25) is 0 Å². The number of carbonyl (C=O) groups excluding carboxylic acids is 1. The standard InChI is InChI=1S/C17H12BrFN2O2S/c1-23-14-7-2-10(8-13(14)18)9-15-16(22)21-17(24-15)20-12-5-3-11(19)4-6-12/h2-9H,1H3,(H,20,21,22)/b15-9-. The van der Waals surface area contributed by atoms with Crippen LogP contribution in [0.5, 0.6) is 5.75 Å². The van der Waals surface area contributed by atoms with Crippen molar-refractivity contribution in [2.24, 2.45) is 4.99 Å². The van der Waals surface area contributed by atoms with E-state index in [0.29, 0.717) is 15.8 Å². The average molecular weight is 407 g/mol. The molecular weight excluding hydrogens is 395 g/mol. The Morgan fingerprint density at radius 1 is 1.25 bits per heavy atom. The molecule has 2 aromatic rings. The van der Waals surface area contributed by atoms with Gasteiger partial charge in [0.2, 0.25) is 0 Å². The van der Waals surface area contributed by atoms with Crippen molar-refractivity contribution in [3.8, 4) is 5.75 Å². The molecule has 24 heavy (non-hydrogen) atoms. The molecule has 1 amide bonds. The van der Waals surface area contributed by atoms with Crippen LogP contribution in [0.15, 0.2) is 56.8 Å². The smallest absolute Gasteiger partial charge is 0.264 e. The van der Waals surface area contributed by atoms with E-state index in [1.54, 1.807) is 25.3 Å². The van der Waals surface area contributed by atoms with Gasteiger partial charge < -0.3 is 10.1 Å². The number of hydrogen-bond acceptors (Lipinski definition) is 4. The molecule has 0 atom stereocenters. The van der Waals surface area contributed by atoms with Crippen molar-refractivity contribution in [3.63, 3.8) is 0 Å². The van der Waals surface area contributed by atoms with E-state index in [0.717, 1.165) is 15.8 Å². The van der Waals surface area contributed by atoms with E-state index >= 15 is 0 Å². The van der Waals surface area contributed by atoms with Crippen LogP contribution in [-0.4, -0.2) is 18.2 Å². The second kappa shape index (κ2) is 7.19. The number of thioether (sulfide) groups is 1. The number of aliphatic imine (C=N–C) groups is 1. The molecule has 4 nitrogen and oxygen atoms in total. The van der Waals surface area contributed by atoms with Gasteiger partial charge in [-0.25, -0.2) is 9.38 Å². The zero-order valence-corrected chi connectivity index (χ0v) is 14.9. The van der Waals surface area contributed by atoms with Crippen molar-refractivity contribution in [1.82, 2.24) is 5.32 Å². The first-order valence-corrected chi connectivity index (χ1v) is 8.55. The quantitative estimate of drug-likeness (QED) is 0.763. The molecule has 1 N–H and O–H groups in total. The van der Waals surface area contributed by atoms with Gasteiger partial charge in [-0.2, -0.15) is 0 Å². The maximum absolute atomic E-state index is 12.9. The highest BCUT2D eigenvalue weighted by Gasteiger charge is 2.23. The molecule has 0 radical (unpaired) electrons. The fraction of sp³-hybridized carbons (Fsp3) is 0.0588. The SMILES string of the molecule is COc1ccc(/C=C2\SC(=Nc3ccc(F)cc3)NC2=O)cc1Br. The van der Waals surface area contributed by atoms with Gasteiger partial charge in [-0.1, -0.05) is 6.07 Å². The van der Waals surface area contributed by atoms with E-state index in [4.69, 9.17) is 4.74 Å². The lowest BCUT2D eigenvalue weighted by molar-refractivity contribution is -0.115. The molecule has 122 valence electrons. The van der Waals surface area contributed by atoms with Crippen LogP contribution in [0.25, 0.3) is 6.08 Å². The Hall–Kier alpha value is -2.12. The van der Waals surface area contributed by atoms with Crippen LogP contribution < -0.4 is 10.1 Å². The Morgan fingerprint density at radius 3 is 2.67 bits per heavy atom. The topological polar surface area (TPSA) is 50.7 Å². The summed E-state index contributed by atoms with van der Waals surface area (Å²) in [4.78, 5) is 16.9. The van der Waals surface area contributed by atoms with Crippen molar-refractivity contribution >= 4 is 50.5 Å². The zero-order chi connectivity index (χ0) is 17.1. The molecule has 1 saturated heterocycles. The third-order valence-corrected chi connectivity index (χ3v) is 4.71. The van der Waals surface area contributed by atoms with Gasteiger partial charge in [0.05, 0.1) is 22.2 Å². The monoisotopic (exact) mass is 406 g/mol. The number of methoxy groups -OCH3 is 1. The van der Waals surface area contributed by atoms with Crippen molar-refractivity contribution in [3.05, 3.63) is 63.2 Å². The molecule has 3 rings (SSSR count). The van der Waals surface area contributed by atoms with Crippen LogP contribution in [0, 0.1) is 5.82 Å². The fourth-order valence-corrected chi connectivity index (χ4v) is 3.44. The van der Waals surface area contributed by atoms with Gasteiger partial charge in [0, 0.05) is 0 Å². The summed E-state index contributed by atoms with van der Waals surface area (Å²) in [7, 11) is 1.59. The van der Waals surface area contributed by atoms with Crippen LogP contribution in [0.1, 0.15) is 5.56 Å². The second-order valence-corrected chi connectivity index (χ2v) is 6.74. The third kappa shape index (κ3) is 3.85. The lowest BCUT2D eigenvalue weighted by Gasteiger charge is -2.03. The number of rotatable bonds is 3. The number of benzene rings is 2. The summed E-state index contributed by atoms with van der Waals surface area (Å²) in [5.41, 5.74) is 1.44. The first-order chi connectivity index (χ1) is 11.5. The van der Waals surface area contributed by atoms with Gasteiger partial charge in [-0.3, -0.25) is 4.79 Å². The molecule has 7 heteroatoms. The van der Waals surface area contributed by atoms with Crippen LogP contribution in [0.4, 0.5) is 10.1 Å².